The minimum Gasteiger partial charge on any atom is -0.458 e. The van der Waals surface area contributed by atoms with E-state index in [0.29, 0.717) is 0 Å². The molecule has 1 aliphatic heterocycles. The SMILES string of the molecule is CC(=O)OC([C@@H]1C[C@@H](OC(C)=O)[C@H](n2c(=O)n(CC3CC3)c3c(Cl)nc(N)nc32)O1)C(F)(F)F. The molecule has 2 fully saturated rings. The van der Waals surface area contributed by atoms with Gasteiger partial charge in [-0.1, -0.05) is 11.6 Å². The van der Waals surface area contributed by atoms with E-state index in [-0.39, 0.29) is 34.7 Å². The van der Waals surface area contributed by atoms with Gasteiger partial charge < -0.3 is 19.9 Å². The van der Waals surface area contributed by atoms with Crippen molar-refractivity contribution in [2.24, 2.45) is 5.92 Å². The number of aromatic nitrogens is 4. The van der Waals surface area contributed by atoms with Gasteiger partial charge in [-0.2, -0.15) is 23.1 Å². The number of ether oxygens (including phenoxy) is 3. The second-order valence-corrected chi connectivity index (χ2v) is 8.63. The highest BCUT2D eigenvalue weighted by molar-refractivity contribution is 6.33. The van der Waals surface area contributed by atoms with E-state index < -0.39 is 54.8 Å². The highest BCUT2D eigenvalue weighted by atomic mass is 35.5. The predicted molar refractivity (Wildman–Crippen MR) is 110 cm³/mol. The average Bonchev–Trinajstić information content (AvgIpc) is 3.36. The molecular weight excluding hydrogens is 487 g/mol. The lowest BCUT2D eigenvalue weighted by atomic mass is 10.1. The van der Waals surface area contributed by atoms with E-state index in [1.165, 1.54) is 4.57 Å². The van der Waals surface area contributed by atoms with Crippen LogP contribution in [0.5, 0.6) is 0 Å². The zero-order valence-corrected chi connectivity index (χ0v) is 18.8. The molecule has 186 valence electrons. The van der Waals surface area contributed by atoms with Crippen molar-refractivity contribution < 1.29 is 37.0 Å². The highest BCUT2D eigenvalue weighted by Gasteiger charge is 2.54. The van der Waals surface area contributed by atoms with Gasteiger partial charge in [0.15, 0.2) is 17.0 Å². The Hall–Kier alpha value is -2.87. The fraction of sp³-hybridized carbons (Fsp3) is 0.632. The van der Waals surface area contributed by atoms with E-state index in [1.54, 1.807) is 0 Å². The van der Waals surface area contributed by atoms with Crippen LogP contribution in [0.3, 0.4) is 0 Å². The van der Waals surface area contributed by atoms with Crippen molar-refractivity contribution >= 4 is 40.7 Å². The molecular formula is C19H21ClF3N5O6. The zero-order valence-electron chi connectivity index (χ0n) is 18.0. The van der Waals surface area contributed by atoms with Crippen molar-refractivity contribution in [2.45, 2.75) is 70.4 Å². The summed E-state index contributed by atoms with van der Waals surface area (Å²) < 4.78 is 58.5. The molecule has 1 saturated carbocycles. The molecule has 1 unspecified atom stereocenters. The van der Waals surface area contributed by atoms with Crippen molar-refractivity contribution in [2.75, 3.05) is 5.73 Å². The zero-order chi connectivity index (χ0) is 24.9. The Morgan fingerprint density at radius 3 is 2.50 bits per heavy atom. The molecule has 0 spiro atoms. The predicted octanol–water partition coefficient (Wildman–Crippen LogP) is 1.95. The number of imidazole rings is 1. The number of alkyl halides is 3. The summed E-state index contributed by atoms with van der Waals surface area (Å²) >= 11 is 6.24. The number of carbonyl (C=O) groups excluding carboxylic acids is 2. The van der Waals surface area contributed by atoms with Gasteiger partial charge in [-0.05, 0) is 18.8 Å². The molecule has 0 radical (unpaired) electrons. The van der Waals surface area contributed by atoms with Gasteiger partial charge in [0.25, 0.3) is 0 Å². The second-order valence-electron chi connectivity index (χ2n) is 8.27. The van der Waals surface area contributed by atoms with Gasteiger partial charge in [0, 0.05) is 26.8 Å². The lowest BCUT2D eigenvalue weighted by molar-refractivity contribution is -0.248. The Kier molecular flexibility index (Phi) is 6.23. The maximum Gasteiger partial charge on any atom is 0.428 e. The van der Waals surface area contributed by atoms with Crippen LogP contribution in [0.1, 0.15) is 39.3 Å². The van der Waals surface area contributed by atoms with Crippen molar-refractivity contribution in [1.82, 2.24) is 19.1 Å². The van der Waals surface area contributed by atoms with Gasteiger partial charge in [-0.25, -0.2) is 9.36 Å². The third kappa shape index (κ3) is 4.69. The number of fused-ring (bicyclic) bond motifs is 1. The molecule has 15 heteroatoms. The van der Waals surface area contributed by atoms with Gasteiger partial charge in [0.2, 0.25) is 12.1 Å². The minimum absolute atomic E-state index is 0.0815. The first-order valence-corrected chi connectivity index (χ1v) is 10.7. The number of anilines is 1. The molecule has 2 N–H and O–H groups in total. The largest absolute Gasteiger partial charge is 0.458 e. The normalized spacial score (nSPS) is 23.8. The molecule has 2 aromatic heterocycles. The van der Waals surface area contributed by atoms with Gasteiger partial charge in [0.1, 0.15) is 17.7 Å². The molecule has 4 atom stereocenters. The quantitative estimate of drug-likeness (QED) is 0.458. The number of halogens is 4. The van der Waals surface area contributed by atoms with Crippen LogP contribution < -0.4 is 11.4 Å². The Bertz CT molecular complexity index is 1190. The number of nitrogens with zero attached hydrogens (tertiary/aromatic N) is 4. The third-order valence-electron chi connectivity index (χ3n) is 5.54. The van der Waals surface area contributed by atoms with Crippen LogP contribution in [0, 0.1) is 5.92 Å². The van der Waals surface area contributed by atoms with Crippen LogP contribution in [0.2, 0.25) is 5.15 Å². The number of esters is 2. The number of nitrogens with two attached hydrogens (primary N) is 1. The average molecular weight is 508 g/mol. The lowest BCUT2D eigenvalue weighted by Gasteiger charge is -2.25. The number of hydrogen-bond donors (Lipinski definition) is 1. The van der Waals surface area contributed by atoms with Crippen LogP contribution in [-0.4, -0.2) is 55.5 Å². The molecule has 4 rings (SSSR count). The molecule has 2 aromatic rings. The molecule has 3 heterocycles. The van der Waals surface area contributed by atoms with Crippen molar-refractivity contribution in [3.05, 3.63) is 15.6 Å². The van der Waals surface area contributed by atoms with Crippen LogP contribution in [0.25, 0.3) is 11.2 Å². The Balaban J connectivity index is 1.83. The van der Waals surface area contributed by atoms with Crippen LogP contribution in [0.4, 0.5) is 19.1 Å². The van der Waals surface area contributed by atoms with Crippen molar-refractivity contribution in [1.29, 1.82) is 0 Å². The van der Waals surface area contributed by atoms with Crippen LogP contribution in [-0.2, 0) is 30.3 Å². The summed E-state index contributed by atoms with van der Waals surface area (Å²) in [6, 6.07) is 0. The fourth-order valence-electron chi connectivity index (χ4n) is 4.05. The second kappa shape index (κ2) is 8.73. The van der Waals surface area contributed by atoms with E-state index in [9.17, 15) is 27.6 Å². The minimum atomic E-state index is -4.98. The molecule has 0 amide bonds. The highest BCUT2D eigenvalue weighted by Crippen LogP contribution is 2.40. The maximum atomic E-state index is 13.7. The number of carbonyl (C=O) groups is 2. The maximum absolute atomic E-state index is 13.7. The monoisotopic (exact) mass is 507 g/mol. The Morgan fingerprint density at radius 1 is 1.26 bits per heavy atom. The summed E-state index contributed by atoms with van der Waals surface area (Å²) in [5.41, 5.74) is 5.06. The number of hydrogen-bond acceptors (Lipinski definition) is 9. The molecule has 1 saturated heterocycles. The first-order valence-electron chi connectivity index (χ1n) is 10.4. The summed E-state index contributed by atoms with van der Waals surface area (Å²) in [6.45, 7) is 2.17. The number of nitrogen functional groups attached to an aromatic ring is 1. The van der Waals surface area contributed by atoms with Gasteiger partial charge in [-0.3, -0.25) is 14.2 Å². The topological polar surface area (TPSA) is 141 Å². The molecule has 1 aliphatic carbocycles. The molecule has 0 bridgehead atoms. The van der Waals surface area contributed by atoms with Crippen LogP contribution in [0.15, 0.2) is 4.79 Å². The fourth-order valence-corrected chi connectivity index (χ4v) is 4.32. The standard InChI is InChI=1S/C19H21ClF3N5O6/c1-7(29)32-11-5-10(13(19(21,22)23)33-8(2)30)34-16(11)28-15-12(14(20)25-17(24)26-15)27(18(28)31)6-9-3-4-9/h9-11,13,16H,3-6H2,1-2H3,(H2,24,25,26)/t10-,11+,13?,16+/m0/s1. The van der Waals surface area contributed by atoms with E-state index in [2.05, 4.69) is 14.7 Å². The van der Waals surface area contributed by atoms with Crippen molar-refractivity contribution in [3.8, 4) is 0 Å². The van der Waals surface area contributed by atoms with Crippen LogP contribution >= 0.6 is 11.6 Å². The lowest BCUT2D eigenvalue weighted by Crippen LogP contribution is -2.43. The molecule has 34 heavy (non-hydrogen) atoms. The molecule has 0 aromatic carbocycles. The van der Waals surface area contributed by atoms with E-state index in [4.69, 9.17) is 26.8 Å². The first kappa shape index (κ1) is 24.3. The Morgan fingerprint density at radius 2 is 1.94 bits per heavy atom. The summed E-state index contributed by atoms with van der Waals surface area (Å²) in [4.78, 5) is 44.4. The van der Waals surface area contributed by atoms with Gasteiger partial charge >= 0.3 is 23.8 Å². The smallest absolute Gasteiger partial charge is 0.428 e. The van der Waals surface area contributed by atoms with Crippen molar-refractivity contribution in [3.63, 3.8) is 0 Å². The Labute approximate surface area is 194 Å². The van der Waals surface area contributed by atoms with E-state index in [0.717, 1.165) is 31.3 Å². The van der Waals surface area contributed by atoms with Gasteiger partial charge in [0.05, 0.1) is 0 Å². The summed E-state index contributed by atoms with van der Waals surface area (Å²) in [7, 11) is 0. The summed E-state index contributed by atoms with van der Waals surface area (Å²) in [5.74, 6) is -2.05. The number of rotatable bonds is 6. The first-order chi connectivity index (χ1) is 15.9. The van der Waals surface area contributed by atoms with Gasteiger partial charge in [-0.15, -0.1) is 0 Å². The molecule has 2 aliphatic rings. The van der Waals surface area contributed by atoms with E-state index >= 15 is 0 Å². The third-order valence-corrected chi connectivity index (χ3v) is 5.80. The summed E-state index contributed by atoms with van der Waals surface area (Å²) in [5, 5.41) is -0.120. The summed E-state index contributed by atoms with van der Waals surface area (Å²) in [6.07, 6.45) is -11.0. The van der Waals surface area contributed by atoms with E-state index in [1.807, 2.05) is 0 Å². The molecule has 11 nitrogen and oxygen atoms in total.